The molecule has 44 heavy (non-hydrogen) atoms. The second kappa shape index (κ2) is 36.2. The molecule has 5 heteroatoms. The Morgan fingerprint density at radius 2 is 0.477 bits per heavy atom. The Labute approximate surface area is 280 Å². The van der Waals surface area contributed by atoms with Crippen LogP contribution in [0.5, 0.6) is 0 Å². The second-order valence-corrected chi connectivity index (χ2v) is 20.0. The van der Waals surface area contributed by atoms with Gasteiger partial charge in [0.05, 0.1) is 34.8 Å². The largest absolute Gasteiger partial charge is 0.748 e. The first-order chi connectivity index (χ1) is 21.2. The molecular formula is C39H83O3PS. The minimum Gasteiger partial charge on any atom is -0.748 e. The molecule has 0 aromatic heterocycles. The van der Waals surface area contributed by atoms with Crippen LogP contribution in [-0.2, 0) is 10.1 Å². The zero-order chi connectivity index (χ0) is 33.0. The minimum atomic E-state index is -3.92. The average molecular weight is 663 g/mol. The van der Waals surface area contributed by atoms with Crippen LogP contribution < -0.4 is 0 Å². The third-order valence-electron chi connectivity index (χ3n) is 9.44. The molecule has 268 valence electrons. The van der Waals surface area contributed by atoms with E-state index in [-0.39, 0.29) is 0 Å². The SMILES string of the molecule is CCCCCCCCCCCCCC[P+](CCCCCCCC)(CCCCCCCC)CCCCCCCC.CS(=O)(=O)[O-]. The number of hydrogen-bond acceptors (Lipinski definition) is 3. The predicted octanol–water partition coefficient (Wildman–Crippen LogP) is 13.9. The van der Waals surface area contributed by atoms with Crippen molar-refractivity contribution in [1.29, 1.82) is 0 Å². The molecule has 0 saturated heterocycles. The number of hydrogen-bond donors (Lipinski definition) is 0. The van der Waals surface area contributed by atoms with Gasteiger partial charge in [-0.2, -0.15) is 0 Å². The summed E-state index contributed by atoms with van der Waals surface area (Å²) in [4.78, 5) is 0. The molecule has 0 aromatic carbocycles. The van der Waals surface area contributed by atoms with Crippen molar-refractivity contribution in [1.82, 2.24) is 0 Å². The maximum Gasteiger partial charge on any atom is 0.0916 e. The smallest absolute Gasteiger partial charge is 0.0916 e. The molecule has 3 nitrogen and oxygen atoms in total. The third kappa shape index (κ3) is 40.4. The van der Waals surface area contributed by atoms with Crippen molar-refractivity contribution in [3.8, 4) is 0 Å². The Morgan fingerprint density at radius 3 is 0.636 bits per heavy atom. The van der Waals surface area contributed by atoms with Crippen LogP contribution in [0, 0.1) is 0 Å². The maximum absolute atomic E-state index is 9.08. The lowest BCUT2D eigenvalue weighted by Crippen LogP contribution is -2.13. The van der Waals surface area contributed by atoms with E-state index in [0.717, 1.165) is 0 Å². The molecular weight excluding hydrogens is 579 g/mol. The Hall–Kier alpha value is 0.340. The van der Waals surface area contributed by atoms with Gasteiger partial charge >= 0.3 is 0 Å². The summed E-state index contributed by atoms with van der Waals surface area (Å²) < 4.78 is 27.2. The van der Waals surface area contributed by atoms with Crippen molar-refractivity contribution in [2.45, 2.75) is 220 Å². The van der Waals surface area contributed by atoms with Crippen molar-refractivity contribution in [2.75, 3.05) is 30.9 Å². The van der Waals surface area contributed by atoms with Crippen molar-refractivity contribution in [3.05, 3.63) is 0 Å². The van der Waals surface area contributed by atoms with E-state index in [1.807, 2.05) is 0 Å². The van der Waals surface area contributed by atoms with E-state index in [0.29, 0.717) is 6.26 Å². The average Bonchev–Trinajstić information content (AvgIpc) is 2.98. The van der Waals surface area contributed by atoms with Crippen LogP contribution in [0.25, 0.3) is 0 Å². The normalized spacial score (nSPS) is 12.0. The minimum absolute atomic E-state index is 0.604. The lowest BCUT2D eigenvalue weighted by atomic mass is 10.1. The summed E-state index contributed by atoms with van der Waals surface area (Å²) in [6, 6.07) is 0. The molecule has 0 fully saturated rings. The van der Waals surface area contributed by atoms with E-state index in [1.165, 1.54) is 167 Å². The lowest BCUT2D eigenvalue weighted by Gasteiger charge is -2.28. The van der Waals surface area contributed by atoms with Gasteiger partial charge in [0.25, 0.3) is 0 Å². The van der Waals surface area contributed by atoms with Gasteiger partial charge in [-0.3, -0.25) is 0 Å². The van der Waals surface area contributed by atoms with Crippen molar-refractivity contribution < 1.29 is 13.0 Å². The van der Waals surface area contributed by atoms with Gasteiger partial charge in [-0.05, 0) is 51.4 Å². The van der Waals surface area contributed by atoms with Gasteiger partial charge in [0, 0.05) is 13.5 Å². The van der Waals surface area contributed by atoms with Gasteiger partial charge < -0.3 is 4.55 Å². The van der Waals surface area contributed by atoms with Gasteiger partial charge in [-0.15, -0.1) is 0 Å². The second-order valence-electron chi connectivity index (χ2n) is 14.1. The van der Waals surface area contributed by atoms with Crippen LogP contribution in [0.3, 0.4) is 0 Å². The number of rotatable bonds is 34. The van der Waals surface area contributed by atoms with E-state index in [1.54, 1.807) is 50.3 Å². The topological polar surface area (TPSA) is 57.2 Å². The summed E-state index contributed by atoms with van der Waals surface area (Å²) in [5.41, 5.74) is 0. The van der Waals surface area contributed by atoms with Gasteiger partial charge in [0.2, 0.25) is 0 Å². The molecule has 0 radical (unpaired) electrons. The van der Waals surface area contributed by atoms with Crippen LogP contribution >= 0.6 is 7.26 Å². The molecule has 0 aliphatic carbocycles. The molecule has 0 heterocycles. The molecule has 0 aromatic rings. The molecule has 0 bridgehead atoms. The fourth-order valence-electron chi connectivity index (χ4n) is 6.64. The molecule has 0 N–H and O–H groups in total. The van der Waals surface area contributed by atoms with Crippen molar-refractivity contribution in [3.63, 3.8) is 0 Å². The van der Waals surface area contributed by atoms with Gasteiger partial charge in [0.1, 0.15) is 0 Å². The van der Waals surface area contributed by atoms with Crippen LogP contribution in [0.1, 0.15) is 220 Å². The molecule has 0 aliphatic rings. The first-order valence-electron chi connectivity index (χ1n) is 20.0. The van der Waals surface area contributed by atoms with Gasteiger partial charge in [-0.25, -0.2) is 8.42 Å². The first kappa shape index (κ1) is 46.5. The van der Waals surface area contributed by atoms with E-state index in [2.05, 4.69) is 27.7 Å². The number of unbranched alkanes of at least 4 members (excludes halogenated alkanes) is 26. The molecule has 0 spiro atoms. The molecule has 0 rings (SSSR count). The van der Waals surface area contributed by atoms with Gasteiger partial charge in [-0.1, -0.05) is 169 Å². The molecule has 0 unspecified atom stereocenters. The zero-order valence-corrected chi connectivity index (χ0v) is 32.8. The summed E-state index contributed by atoms with van der Waals surface area (Å²) in [5, 5.41) is 0. The highest BCUT2D eigenvalue weighted by Crippen LogP contribution is 2.61. The zero-order valence-electron chi connectivity index (χ0n) is 31.1. The van der Waals surface area contributed by atoms with Crippen LogP contribution in [-0.4, -0.2) is 43.9 Å². The van der Waals surface area contributed by atoms with Crippen molar-refractivity contribution in [2.24, 2.45) is 0 Å². The first-order valence-corrected chi connectivity index (χ1v) is 24.3. The van der Waals surface area contributed by atoms with Crippen LogP contribution in [0.4, 0.5) is 0 Å². The fourth-order valence-corrected chi connectivity index (χ4v) is 11.6. The third-order valence-corrected chi connectivity index (χ3v) is 14.5. The predicted molar refractivity (Wildman–Crippen MR) is 203 cm³/mol. The van der Waals surface area contributed by atoms with Gasteiger partial charge in [0.15, 0.2) is 0 Å². The monoisotopic (exact) mass is 663 g/mol. The summed E-state index contributed by atoms with van der Waals surface area (Å²) in [5.74, 6) is 0. The molecule has 0 atom stereocenters. The Balaban J connectivity index is 0. The van der Waals surface area contributed by atoms with E-state index in [9.17, 15) is 0 Å². The summed E-state index contributed by atoms with van der Waals surface area (Å²) >= 11 is 0. The molecule has 0 saturated carbocycles. The highest BCUT2D eigenvalue weighted by Gasteiger charge is 2.34. The summed E-state index contributed by atoms with van der Waals surface area (Å²) in [6.45, 7) is 9.38. The highest BCUT2D eigenvalue weighted by molar-refractivity contribution is 7.84. The van der Waals surface area contributed by atoms with E-state index >= 15 is 0 Å². The van der Waals surface area contributed by atoms with E-state index < -0.39 is 17.4 Å². The standard InChI is InChI=1S/C38H80P.CH4O3S/c1-5-9-13-17-21-22-23-24-25-26-30-34-38-39(35-31-27-18-14-10-6-2,36-32-28-19-15-11-7-3)37-33-29-20-16-12-8-4;1-5(2,3)4/h5-38H2,1-4H3;1H3,(H,2,3,4)/q+1;/p-1. The Kier molecular flexibility index (Phi) is 38.2. The Morgan fingerprint density at radius 1 is 0.341 bits per heavy atom. The van der Waals surface area contributed by atoms with E-state index in [4.69, 9.17) is 13.0 Å². The summed E-state index contributed by atoms with van der Waals surface area (Å²) in [6.07, 6.45) is 51.8. The highest BCUT2D eigenvalue weighted by atomic mass is 32.2. The van der Waals surface area contributed by atoms with Crippen molar-refractivity contribution >= 4 is 17.4 Å². The lowest BCUT2D eigenvalue weighted by molar-refractivity contribution is 0.470. The van der Waals surface area contributed by atoms with Crippen LogP contribution in [0.15, 0.2) is 0 Å². The summed E-state index contributed by atoms with van der Waals surface area (Å²) in [7, 11) is -4.66. The van der Waals surface area contributed by atoms with Crippen LogP contribution in [0.2, 0.25) is 0 Å². The molecule has 0 aliphatic heterocycles. The quantitative estimate of drug-likeness (QED) is 0.0391. The molecule has 0 amide bonds. The Bertz CT molecular complexity index is 588. The fraction of sp³-hybridized carbons (Fsp3) is 1.00. The maximum atomic E-state index is 9.08.